The lowest BCUT2D eigenvalue weighted by atomic mass is 10.0. The highest BCUT2D eigenvalue weighted by Gasteiger charge is 2.02. The van der Waals surface area contributed by atoms with E-state index in [0.29, 0.717) is 5.76 Å². The quantitative estimate of drug-likeness (QED) is 0.353. The summed E-state index contributed by atoms with van der Waals surface area (Å²) in [5.74, 6) is 0.531. The third-order valence-corrected chi connectivity index (χ3v) is 1.61. The first-order valence-electron chi connectivity index (χ1n) is 3.67. The average molecular weight is 140 g/mol. The Morgan fingerprint density at radius 1 is 1.70 bits per heavy atom. The molecule has 0 fully saturated rings. The van der Waals surface area contributed by atoms with E-state index in [-0.39, 0.29) is 5.92 Å². The monoisotopic (exact) mass is 140 g/mol. The van der Waals surface area contributed by atoms with Gasteiger partial charge in [0.25, 0.3) is 0 Å². The highest BCUT2D eigenvalue weighted by molar-refractivity contribution is 4.85. The molecule has 0 aliphatic carbocycles. The van der Waals surface area contributed by atoms with Gasteiger partial charge in [-0.3, -0.25) is 0 Å². The molecule has 1 nitrogen and oxygen atoms in total. The van der Waals surface area contributed by atoms with E-state index >= 15 is 0 Å². The summed E-state index contributed by atoms with van der Waals surface area (Å²) in [6, 6.07) is 0. The van der Waals surface area contributed by atoms with Gasteiger partial charge in [-0.05, 0) is 19.3 Å². The van der Waals surface area contributed by atoms with Crippen molar-refractivity contribution in [3.05, 3.63) is 25.0 Å². The topological polar surface area (TPSA) is 20.2 Å². The Kier molecular flexibility index (Phi) is 4.73. The molecule has 0 aromatic carbocycles. The highest BCUT2D eigenvalue weighted by atomic mass is 16.3. The van der Waals surface area contributed by atoms with Gasteiger partial charge in [-0.1, -0.05) is 19.6 Å². The van der Waals surface area contributed by atoms with Gasteiger partial charge in [-0.25, -0.2) is 0 Å². The summed E-state index contributed by atoms with van der Waals surface area (Å²) in [7, 11) is 0. The van der Waals surface area contributed by atoms with E-state index in [1.807, 2.05) is 13.0 Å². The van der Waals surface area contributed by atoms with Crippen molar-refractivity contribution in [2.45, 2.75) is 26.2 Å². The molecule has 0 bridgehead atoms. The summed E-state index contributed by atoms with van der Waals surface area (Å²) in [4.78, 5) is 0. The van der Waals surface area contributed by atoms with Gasteiger partial charge < -0.3 is 5.11 Å². The third kappa shape index (κ3) is 4.19. The molecule has 0 heterocycles. The summed E-state index contributed by atoms with van der Waals surface area (Å²) in [5, 5.41) is 8.90. The molecule has 0 saturated heterocycles. The fourth-order valence-electron chi connectivity index (χ4n) is 0.735. The van der Waals surface area contributed by atoms with E-state index in [4.69, 9.17) is 5.11 Å². The van der Waals surface area contributed by atoms with Crippen molar-refractivity contribution in [2.75, 3.05) is 0 Å². The van der Waals surface area contributed by atoms with Gasteiger partial charge in [-0.15, -0.1) is 6.58 Å². The molecule has 1 unspecified atom stereocenters. The maximum absolute atomic E-state index is 8.90. The summed E-state index contributed by atoms with van der Waals surface area (Å²) < 4.78 is 0. The van der Waals surface area contributed by atoms with Crippen LogP contribution in [0.2, 0.25) is 0 Å². The Labute approximate surface area is 63.1 Å². The number of rotatable bonds is 5. The predicted molar refractivity (Wildman–Crippen MR) is 45.0 cm³/mol. The number of aliphatic hydroxyl groups excluding tert-OH is 1. The lowest BCUT2D eigenvalue weighted by molar-refractivity contribution is 0.331. The fraction of sp³-hybridized carbons (Fsp3) is 0.556. The fourth-order valence-corrected chi connectivity index (χ4v) is 0.735. The Morgan fingerprint density at radius 2 is 2.30 bits per heavy atom. The second-order valence-corrected chi connectivity index (χ2v) is 2.61. The van der Waals surface area contributed by atoms with Crippen LogP contribution in [-0.4, -0.2) is 5.11 Å². The molecular weight excluding hydrogens is 124 g/mol. The third-order valence-electron chi connectivity index (χ3n) is 1.61. The molecule has 0 saturated carbocycles. The first kappa shape index (κ1) is 9.28. The minimum absolute atomic E-state index is 0.236. The van der Waals surface area contributed by atoms with Gasteiger partial charge in [-0.2, -0.15) is 0 Å². The molecule has 0 spiro atoms. The predicted octanol–water partition coefficient (Wildman–Crippen LogP) is 3.05. The van der Waals surface area contributed by atoms with Crippen molar-refractivity contribution in [2.24, 2.45) is 5.92 Å². The van der Waals surface area contributed by atoms with Gasteiger partial charge in [0, 0.05) is 5.92 Å². The van der Waals surface area contributed by atoms with Crippen molar-refractivity contribution >= 4 is 0 Å². The second-order valence-electron chi connectivity index (χ2n) is 2.61. The van der Waals surface area contributed by atoms with E-state index in [9.17, 15) is 0 Å². The van der Waals surface area contributed by atoms with Crippen LogP contribution in [0.4, 0.5) is 0 Å². The molecule has 0 aliphatic rings. The number of unbranched alkanes of at least 4 members (excludes halogenated alkanes) is 1. The molecular formula is C9H16O. The first-order chi connectivity index (χ1) is 4.68. The van der Waals surface area contributed by atoms with Gasteiger partial charge in [0.05, 0.1) is 5.76 Å². The maximum atomic E-state index is 8.90. The second kappa shape index (κ2) is 5.10. The summed E-state index contributed by atoms with van der Waals surface area (Å²) in [5.41, 5.74) is 0. The van der Waals surface area contributed by atoms with Crippen LogP contribution in [0.3, 0.4) is 0 Å². The van der Waals surface area contributed by atoms with Gasteiger partial charge in [0.15, 0.2) is 0 Å². The summed E-state index contributed by atoms with van der Waals surface area (Å²) in [6.07, 6.45) is 5.01. The van der Waals surface area contributed by atoms with Crippen LogP contribution in [-0.2, 0) is 0 Å². The lowest BCUT2D eigenvalue weighted by Crippen LogP contribution is -1.96. The Bertz CT molecular complexity index is 116. The van der Waals surface area contributed by atoms with Crippen LogP contribution < -0.4 is 0 Å². The molecule has 0 amide bonds. The van der Waals surface area contributed by atoms with Crippen LogP contribution in [0.25, 0.3) is 0 Å². The number of allylic oxidation sites excluding steroid dienone is 2. The van der Waals surface area contributed by atoms with Gasteiger partial charge in [0.1, 0.15) is 0 Å². The molecule has 0 radical (unpaired) electrons. The van der Waals surface area contributed by atoms with Crippen molar-refractivity contribution in [1.82, 2.24) is 0 Å². The number of hydrogen-bond acceptors (Lipinski definition) is 1. The minimum atomic E-state index is 0.236. The molecule has 1 N–H and O–H groups in total. The van der Waals surface area contributed by atoms with Crippen molar-refractivity contribution in [3.63, 3.8) is 0 Å². The zero-order valence-corrected chi connectivity index (χ0v) is 6.64. The zero-order chi connectivity index (χ0) is 7.98. The maximum Gasteiger partial charge on any atom is 0.0879 e. The van der Waals surface area contributed by atoms with Crippen LogP contribution >= 0.6 is 0 Å². The van der Waals surface area contributed by atoms with Crippen molar-refractivity contribution in [1.29, 1.82) is 0 Å². The molecule has 1 heteroatoms. The molecule has 0 rings (SSSR count). The van der Waals surface area contributed by atoms with E-state index in [0.717, 1.165) is 19.3 Å². The van der Waals surface area contributed by atoms with E-state index in [1.165, 1.54) is 0 Å². The van der Waals surface area contributed by atoms with Crippen LogP contribution in [0, 0.1) is 5.92 Å². The van der Waals surface area contributed by atoms with E-state index in [2.05, 4.69) is 13.2 Å². The minimum Gasteiger partial charge on any atom is -0.513 e. The zero-order valence-electron chi connectivity index (χ0n) is 6.64. The van der Waals surface area contributed by atoms with Gasteiger partial charge in [0.2, 0.25) is 0 Å². The van der Waals surface area contributed by atoms with Gasteiger partial charge >= 0.3 is 0 Å². The van der Waals surface area contributed by atoms with Crippen molar-refractivity contribution < 1.29 is 5.11 Å². The SMILES string of the molecule is C=CCCCC(C)C(=C)O. The Morgan fingerprint density at radius 3 is 2.70 bits per heavy atom. The van der Waals surface area contributed by atoms with Crippen LogP contribution in [0.15, 0.2) is 25.0 Å². The summed E-state index contributed by atoms with van der Waals surface area (Å²) >= 11 is 0. The Hall–Kier alpha value is -0.720. The molecule has 0 aromatic heterocycles. The van der Waals surface area contributed by atoms with Crippen molar-refractivity contribution in [3.8, 4) is 0 Å². The molecule has 1 atom stereocenters. The molecule has 10 heavy (non-hydrogen) atoms. The van der Waals surface area contributed by atoms with E-state index in [1.54, 1.807) is 0 Å². The normalized spacial score (nSPS) is 12.5. The lowest BCUT2D eigenvalue weighted by Gasteiger charge is -2.06. The average Bonchev–Trinajstić information content (AvgIpc) is 1.88. The van der Waals surface area contributed by atoms with Crippen LogP contribution in [0.1, 0.15) is 26.2 Å². The van der Waals surface area contributed by atoms with Crippen LogP contribution in [0.5, 0.6) is 0 Å². The molecule has 0 aromatic rings. The Balaban J connectivity index is 3.30. The highest BCUT2D eigenvalue weighted by Crippen LogP contribution is 2.13. The molecule has 0 aliphatic heterocycles. The first-order valence-corrected chi connectivity index (χ1v) is 3.67. The molecule has 58 valence electrons. The van der Waals surface area contributed by atoms with E-state index < -0.39 is 0 Å². The standard InChI is InChI=1S/C9H16O/c1-4-5-6-7-8(2)9(3)10/h4,8,10H,1,3,5-7H2,2H3. The largest absolute Gasteiger partial charge is 0.513 e. The number of aliphatic hydroxyl groups is 1. The number of hydrogen-bond donors (Lipinski definition) is 1. The summed E-state index contributed by atoms with van der Waals surface area (Å²) in [6.45, 7) is 9.06. The smallest absolute Gasteiger partial charge is 0.0879 e.